The van der Waals surface area contributed by atoms with Gasteiger partial charge in [0.15, 0.2) is 11.0 Å². The van der Waals surface area contributed by atoms with Gasteiger partial charge in [0.2, 0.25) is 0 Å². The van der Waals surface area contributed by atoms with Crippen LogP contribution in [0.15, 0.2) is 11.2 Å². The van der Waals surface area contributed by atoms with Crippen molar-refractivity contribution in [3.8, 4) is 0 Å². The van der Waals surface area contributed by atoms with Crippen molar-refractivity contribution in [2.24, 2.45) is 10.9 Å². The molecule has 0 spiro atoms. The van der Waals surface area contributed by atoms with Crippen LogP contribution < -0.4 is 11.1 Å². The molecule has 0 aliphatic heterocycles. The molecule has 0 aliphatic carbocycles. The smallest absolute Gasteiger partial charge is 0.404 e. The van der Waals surface area contributed by atoms with Crippen LogP contribution in [0.25, 0.3) is 0 Å². The van der Waals surface area contributed by atoms with Gasteiger partial charge in [0, 0.05) is 11.8 Å². The van der Waals surface area contributed by atoms with Crippen molar-refractivity contribution in [3.05, 3.63) is 21.6 Å². The summed E-state index contributed by atoms with van der Waals surface area (Å²) in [5.74, 6) is -0.970. The maximum absolute atomic E-state index is 13.5. The van der Waals surface area contributed by atoms with Gasteiger partial charge >= 0.3 is 12.1 Å². The van der Waals surface area contributed by atoms with E-state index in [0.29, 0.717) is 4.88 Å². The topological polar surface area (TPSA) is 114 Å². The van der Waals surface area contributed by atoms with Gasteiger partial charge in [-0.2, -0.15) is 4.39 Å². The van der Waals surface area contributed by atoms with E-state index in [1.807, 2.05) is 0 Å². The Morgan fingerprint density at radius 1 is 1.67 bits per heavy atom. The maximum atomic E-state index is 13.5. The summed E-state index contributed by atoms with van der Waals surface area (Å²) in [6.45, 7) is 1.08. The van der Waals surface area contributed by atoms with Gasteiger partial charge in [-0.1, -0.05) is 5.16 Å². The number of carbonyl (C=O) groups excluding carboxylic acids is 1. The number of amides is 1. The molecular formula is C9H10FN3O4S. The number of carboxylic acid groups (broad SMARTS) is 1. The summed E-state index contributed by atoms with van der Waals surface area (Å²) < 4.78 is 13.5. The summed E-state index contributed by atoms with van der Waals surface area (Å²) in [5.41, 5.74) is 5.38. The third kappa shape index (κ3) is 4.01. The average molecular weight is 275 g/mol. The number of nitrogens with zero attached hydrogens (tertiary/aromatic N) is 1. The Morgan fingerprint density at radius 3 is 2.89 bits per heavy atom. The van der Waals surface area contributed by atoms with Crippen LogP contribution in [-0.2, 0) is 16.2 Å². The number of nitrogens with two attached hydrogens (primary N) is 1. The van der Waals surface area contributed by atoms with Crippen LogP contribution in [-0.4, -0.2) is 23.0 Å². The Labute approximate surface area is 105 Å². The average Bonchev–Trinajstić information content (AvgIpc) is 2.64. The second-order valence-electron chi connectivity index (χ2n) is 3.12. The normalized spacial score (nSPS) is 11.1. The lowest BCUT2D eigenvalue weighted by molar-refractivity contribution is -0.140. The molecule has 1 aromatic rings. The molecule has 0 saturated heterocycles. The molecule has 0 fully saturated rings. The fourth-order valence-corrected chi connectivity index (χ4v) is 1.83. The molecule has 98 valence electrons. The van der Waals surface area contributed by atoms with Crippen LogP contribution in [0, 0.1) is 5.13 Å². The molecule has 18 heavy (non-hydrogen) atoms. The minimum absolute atomic E-state index is 0.0385. The first-order chi connectivity index (χ1) is 8.40. The number of halogens is 1. The highest BCUT2D eigenvalue weighted by Gasteiger charge is 2.13. The standard InChI is InChI=1S/C9H10FN3O4S/c1-4(14)17-13-8(11)6-2-5(18-7(6)10)3-12-9(15)16/h2,12H,3H2,1H3,(H2,11,13)(H,15,16). The van der Waals surface area contributed by atoms with Gasteiger partial charge in [-0.25, -0.2) is 9.59 Å². The Kier molecular flexibility index (Phi) is 4.60. The molecule has 9 heteroatoms. The second-order valence-corrected chi connectivity index (χ2v) is 4.21. The summed E-state index contributed by atoms with van der Waals surface area (Å²) in [7, 11) is 0. The van der Waals surface area contributed by atoms with Gasteiger partial charge in [0.1, 0.15) is 0 Å². The Bertz CT molecular complexity index is 500. The molecule has 1 rings (SSSR count). The maximum Gasteiger partial charge on any atom is 0.404 e. The molecule has 0 aliphatic rings. The molecule has 0 atom stereocenters. The summed E-state index contributed by atoms with van der Waals surface area (Å²) in [4.78, 5) is 25.5. The molecule has 0 saturated carbocycles. The van der Waals surface area contributed by atoms with Gasteiger partial charge in [-0.15, -0.1) is 11.3 Å². The quantitative estimate of drug-likeness (QED) is 0.326. The number of hydrogen-bond acceptors (Lipinski definition) is 5. The van der Waals surface area contributed by atoms with Crippen LogP contribution in [0.4, 0.5) is 9.18 Å². The van der Waals surface area contributed by atoms with Crippen LogP contribution in [0.2, 0.25) is 0 Å². The van der Waals surface area contributed by atoms with Gasteiger partial charge < -0.3 is 21.0 Å². The molecular weight excluding hydrogens is 265 g/mol. The number of amidine groups is 1. The fourth-order valence-electron chi connectivity index (χ4n) is 1.00. The Morgan fingerprint density at radius 2 is 2.33 bits per heavy atom. The van der Waals surface area contributed by atoms with Gasteiger partial charge in [0.25, 0.3) is 0 Å². The third-order valence-corrected chi connectivity index (χ3v) is 2.62. The molecule has 7 nitrogen and oxygen atoms in total. The van der Waals surface area contributed by atoms with Crippen molar-refractivity contribution >= 4 is 29.2 Å². The van der Waals surface area contributed by atoms with Crippen molar-refractivity contribution in [2.45, 2.75) is 13.5 Å². The summed E-state index contributed by atoms with van der Waals surface area (Å²) >= 11 is 0.725. The van der Waals surface area contributed by atoms with E-state index in [9.17, 15) is 14.0 Å². The van der Waals surface area contributed by atoms with Crippen LogP contribution >= 0.6 is 11.3 Å². The van der Waals surface area contributed by atoms with E-state index < -0.39 is 17.2 Å². The summed E-state index contributed by atoms with van der Waals surface area (Å²) in [6.07, 6.45) is -1.22. The zero-order valence-electron chi connectivity index (χ0n) is 9.27. The molecule has 0 aromatic carbocycles. The first-order valence-electron chi connectivity index (χ1n) is 4.66. The van der Waals surface area contributed by atoms with E-state index in [1.54, 1.807) is 0 Å². The van der Waals surface area contributed by atoms with Crippen molar-refractivity contribution < 1.29 is 23.9 Å². The SMILES string of the molecule is CC(=O)ON=C(N)c1cc(CNC(=O)O)sc1F. The first kappa shape index (κ1) is 13.9. The second kappa shape index (κ2) is 5.96. The monoisotopic (exact) mass is 275 g/mol. The van der Waals surface area contributed by atoms with Crippen molar-refractivity contribution in [1.29, 1.82) is 0 Å². The lowest BCUT2D eigenvalue weighted by Crippen LogP contribution is -2.19. The fraction of sp³-hybridized carbons (Fsp3) is 0.222. The summed E-state index contributed by atoms with van der Waals surface area (Å²) in [6, 6.07) is 1.33. The van der Waals surface area contributed by atoms with Gasteiger partial charge in [-0.3, -0.25) is 0 Å². The largest absolute Gasteiger partial charge is 0.465 e. The lowest BCUT2D eigenvalue weighted by atomic mass is 10.3. The highest BCUT2D eigenvalue weighted by atomic mass is 32.1. The van der Waals surface area contributed by atoms with E-state index >= 15 is 0 Å². The van der Waals surface area contributed by atoms with E-state index in [-0.39, 0.29) is 17.9 Å². The minimum atomic E-state index is -1.22. The Balaban J connectivity index is 2.80. The number of nitrogens with one attached hydrogen (secondary N) is 1. The van der Waals surface area contributed by atoms with Crippen LogP contribution in [0.3, 0.4) is 0 Å². The molecule has 0 radical (unpaired) electrons. The van der Waals surface area contributed by atoms with Crippen molar-refractivity contribution in [3.63, 3.8) is 0 Å². The molecule has 4 N–H and O–H groups in total. The molecule has 1 heterocycles. The number of rotatable bonds is 4. The highest BCUT2D eigenvalue weighted by molar-refractivity contribution is 7.10. The van der Waals surface area contributed by atoms with E-state index in [4.69, 9.17) is 10.8 Å². The van der Waals surface area contributed by atoms with E-state index in [1.165, 1.54) is 6.07 Å². The molecule has 0 bridgehead atoms. The number of hydrogen-bond donors (Lipinski definition) is 3. The van der Waals surface area contributed by atoms with Crippen molar-refractivity contribution in [1.82, 2.24) is 5.32 Å². The predicted molar refractivity (Wildman–Crippen MR) is 61.6 cm³/mol. The van der Waals surface area contributed by atoms with E-state index in [2.05, 4.69) is 15.3 Å². The third-order valence-electron chi connectivity index (χ3n) is 1.70. The van der Waals surface area contributed by atoms with Gasteiger partial charge in [0.05, 0.1) is 12.1 Å². The zero-order valence-corrected chi connectivity index (χ0v) is 10.1. The predicted octanol–water partition coefficient (Wildman–Crippen LogP) is 0.838. The molecule has 0 unspecified atom stereocenters. The summed E-state index contributed by atoms with van der Waals surface area (Å²) in [5, 5.41) is 13.1. The first-order valence-corrected chi connectivity index (χ1v) is 5.48. The van der Waals surface area contributed by atoms with Gasteiger partial charge in [-0.05, 0) is 6.07 Å². The minimum Gasteiger partial charge on any atom is -0.465 e. The molecule has 1 aromatic heterocycles. The number of oxime groups is 1. The highest BCUT2D eigenvalue weighted by Crippen LogP contribution is 2.20. The number of thiophene rings is 1. The lowest BCUT2D eigenvalue weighted by Gasteiger charge is -1.96. The van der Waals surface area contributed by atoms with Crippen LogP contribution in [0.5, 0.6) is 0 Å². The Hall–Kier alpha value is -2.16. The molecule has 1 amide bonds. The van der Waals surface area contributed by atoms with Crippen molar-refractivity contribution in [2.75, 3.05) is 0 Å². The van der Waals surface area contributed by atoms with Crippen LogP contribution in [0.1, 0.15) is 17.4 Å². The van der Waals surface area contributed by atoms with E-state index in [0.717, 1.165) is 18.3 Å². The zero-order chi connectivity index (χ0) is 13.7. The number of carbonyl (C=O) groups is 2.